The standard InChI is InChI=1S/C10H10ClFO2/c1-6(13)5-7-3-4-8(12)10(14-2)9(7)11/h3-4H,5H2,1-2H3. The van der Waals surface area contributed by atoms with E-state index in [1.54, 1.807) is 0 Å². The van der Waals surface area contributed by atoms with Crippen LogP contribution < -0.4 is 4.74 Å². The van der Waals surface area contributed by atoms with Crippen LogP contribution in [0.15, 0.2) is 12.1 Å². The Bertz CT molecular complexity index is 363. The summed E-state index contributed by atoms with van der Waals surface area (Å²) in [6.45, 7) is 1.45. The van der Waals surface area contributed by atoms with Crippen LogP contribution in [0.1, 0.15) is 12.5 Å². The minimum absolute atomic E-state index is 0.00887. The van der Waals surface area contributed by atoms with Gasteiger partial charge < -0.3 is 4.74 Å². The number of ether oxygens (including phenoxy) is 1. The van der Waals surface area contributed by atoms with Gasteiger partial charge in [-0.25, -0.2) is 4.39 Å². The first kappa shape index (κ1) is 11.0. The molecule has 0 aliphatic rings. The van der Waals surface area contributed by atoms with E-state index in [1.165, 1.54) is 26.2 Å². The van der Waals surface area contributed by atoms with Crippen molar-refractivity contribution in [2.75, 3.05) is 7.11 Å². The van der Waals surface area contributed by atoms with Crippen molar-refractivity contribution in [2.24, 2.45) is 0 Å². The number of rotatable bonds is 3. The molecule has 76 valence electrons. The second kappa shape index (κ2) is 4.42. The largest absolute Gasteiger partial charge is 0.492 e. The average molecular weight is 217 g/mol. The molecule has 14 heavy (non-hydrogen) atoms. The Morgan fingerprint density at radius 3 is 2.71 bits per heavy atom. The minimum atomic E-state index is -0.523. The van der Waals surface area contributed by atoms with Gasteiger partial charge in [0.1, 0.15) is 5.78 Å². The third kappa shape index (κ3) is 2.23. The molecule has 2 nitrogen and oxygen atoms in total. The second-order valence-electron chi connectivity index (χ2n) is 2.93. The normalized spacial score (nSPS) is 10.0. The molecule has 0 aromatic heterocycles. The van der Waals surface area contributed by atoms with Crippen molar-refractivity contribution in [1.29, 1.82) is 0 Å². The van der Waals surface area contributed by atoms with Gasteiger partial charge in [-0.05, 0) is 18.6 Å². The van der Waals surface area contributed by atoms with Crippen LogP contribution >= 0.6 is 11.6 Å². The number of Topliss-reactive ketones (excluding diaryl/α,β-unsaturated/α-hetero) is 1. The van der Waals surface area contributed by atoms with E-state index in [0.29, 0.717) is 5.56 Å². The van der Waals surface area contributed by atoms with Gasteiger partial charge in [0.25, 0.3) is 0 Å². The Hall–Kier alpha value is -1.09. The molecule has 0 saturated carbocycles. The van der Waals surface area contributed by atoms with Crippen molar-refractivity contribution < 1.29 is 13.9 Å². The molecular formula is C10H10ClFO2. The molecule has 1 aromatic rings. The van der Waals surface area contributed by atoms with Crippen LogP contribution in [0, 0.1) is 5.82 Å². The smallest absolute Gasteiger partial charge is 0.173 e. The van der Waals surface area contributed by atoms with Crippen LogP contribution in [0.5, 0.6) is 5.75 Å². The van der Waals surface area contributed by atoms with E-state index in [2.05, 4.69) is 0 Å². The molecule has 4 heteroatoms. The van der Waals surface area contributed by atoms with Gasteiger partial charge in [0.2, 0.25) is 0 Å². The molecule has 0 unspecified atom stereocenters. The first-order valence-electron chi connectivity index (χ1n) is 4.06. The number of methoxy groups -OCH3 is 1. The number of hydrogen-bond donors (Lipinski definition) is 0. The number of carbonyl (C=O) groups is 1. The zero-order chi connectivity index (χ0) is 10.7. The number of ketones is 1. The van der Waals surface area contributed by atoms with E-state index in [9.17, 15) is 9.18 Å². The first-order valence-corrected chi connectivity index (χ1v) is 4.44. The maximum atomic E-state index is 13.1. The molecule has 0 bridgehead atoms. The van der Waals surface area contributed by atoms with Crippen molar-refractivity contribution in [3.63, 3.8) is 0 Å². The molecule has 0 amide bonds. The highest BCUT2D eigenvalue weighted by atomic mass is 35.5. The van der Waals surface area contributed by atoms with Gasteiger partial charge in [0.15, 0.2) is 11.6 Å². The fraction of sp³-hybridized carbons (Fsp3) is 0.300. The molecule has 0 N–H and O–H groups in total. The summed E-state index contributed by atoms with van der Waals surface area (Å²) in [4.78, 5) is 10.9. The van der Waals surface area contributed by atoms with Crippen molar-refractivity contribution >= 4 is 17.4 Å². The zero-order valence-corrected chi connectivity index (χ0v) is 8.69. The second-order valence-corrected chi connectivity index (χ2v) is 3.31. The van der Waals surface area contributed by atoms with Crippen LogP contribution in [-0.4, -0.2) is 12.9 Å². The third-order valence-corrected chi connectivity index (χ3v) is 2.19. The number of hydrogen-bond acceptors (Lipinski definition) is 2. The van der Waals surface area contributed by atoms with Crippen molar-refractivity contribution in [3.05, 3.63) is 28.5 Å². The lowest BCUT2D eigenvalue weighted by atomic mass is 10.1. The highest BCUT2D eigenvalue weighted by molar-refractivity contribution is 6.33. The lowest BCUT2D eigenvalue weighted by Gasteiger charge is -2.08. The molecule has 0 aliphatic heterocycles. The van der Waals surface area contributed by atoms with Crippen molar-refractivity contribution in [3.8, 4) is 5.75 Å². The van der Waals surface area contributed by atoms with Gasteiger partial charge in [-0.3, -0.25) is 4.79 Å². The molecule has 0 saturated heterocycles. The summed E-state index contributed by atoms with van der Waals surface area (Å²) in [6, 6.07) is 2.73. The number of carbonyl (C=O) groups excluding carboxylic acids is 1. The van der Waals surface area contributed by atoms with Gasteiger partial charge in [0, 0.05) is 6.42 Å². The molecule has 0 heterocycles. The molecule has 0 atom stereocenters. The van der Waals surface area contributed by atoms with Crippen LogP contribution in [-0.2, 0) is 11.2 Å². The minimum Gasteiger partial charge on any atom is -0.492 e. The highest BCUT2D eigenvalue weighted by Crippen LogP contribution is 2.31. The summed E-state index contributed by atoms with van der Waals surface area (Å²) in [7, 11) is 1.34. The monoisotopic (exact) mass is 216 g/mol. The molecule has 0 radical (unpaired) electrons. The highest BCUT2D eigenvalue weighted by Gasteiger charge is 2.12. The van der Waals surface area contributed by atoms with Gasteiger partial charge >= 0.3 is 0 Å². The lowest BCUT2D eigenvalue weighted by Crippen LogP contribution is -1.99. The first-order chi connectivity index (χ1) is 6.56. The molecular weight excluding hydrogens is 207 g/mol. The van der Waals surface area contributed by atoms with Crippen LogP contribution in [0.3, 0.4) is 0 Å². The number of halogens is 2. The van der Waals surface area contributed by atoms with Crippen molar-refractivity contribution in [2.45, 2.75) is 13.3 Å². The summed E-state index contributed by atoms with van der Waals surface area (Å²) < 4.78 is 17.9. The molecule has 0 fully saturated rings. The van der Waals surface area contributed by atoms with E-state index in [1.807, 2.05) is 0 Å². The van der Waals surface area contributed by atoms with Crippen molar-refractivity contribution in [1.82, 2.24) is 0 Å². The Morgan fingerprint density at radius 2 is 2.21 bits per heavy atom. The third-order valence-electron chi connectivity index (χ3n) is 1.77. The average Bonchev–Trinajstić information content (AvgIpc) is 2.10. The quantitative estimate of drug-likeness (QED) is 0.777. The summed E-state index contributed by atoms with van der Waals surface area (Å²) in [5, 5.41) is 0.169. The van der Waals surface area contributed by atoms with Gasteiger partial charge in [-0.15, -0.1) is 0 Å². The van der Waals surface area contributed by atoms with Gasteiger partial charge in [-0.1, -0.05) is 17.7 Å². The van der Waals surface area contributed by atoms with E-state index >= 15 is 0 Å². The van der Waals surface area contributed by atoms with E-state index in [-0.39, 0.29) is 23.0 Å². The molecule has 1 aromatic carbocycles. The summed E-state index contributed by atoms with van der Waals surface area (Å²) in [6.07, 6.45) is 0.190. The zero-order valence-electron chi connectivity index (χ0n) is 7.93. The van der Waals surface area contributed by atoms with Crippen LogP contribution in [0.2, 0.25) is 5.02 Å². The summed E-state index contributed by atoms with van der Waals surface area (Å²) in [5.74, 6) is -0.559. The van der Waals surface area contributed by atoms with E-state index in [4.69, 9.17) is 16.3 Å². The predicted octanol–water partition coefficient (Wildman–Crippen LogP) is 2.62. The maximum absolute atomic E-state index is 13.1. The van der Waals surface area contributed by atoms with Gasteiger partial charge in [-0.2, -0.15) is 0 Å². The fourth-order valence-electron chi connectivity index (χ4n) is 1.17. The number of benzene rings is 1. The fourth-order valence-corrected chi connectivity index (χ4v) is 1.46. The Labute approximate surface area is 86.6 Å². The Balaban J connectivity index is 3.14. The predicted molar refractivity (Wildman–Crippen MR) is 52.3 cm³/mol. The molecule has 1 rings (SSSR count). The van der Waals surface area contributed by atoms with Crippen LogP contribution in [0.25, 0.3) is 0 Å². The summed E-state index contributed by atoms with van der Waals surface area (Å²) in [5.41, 5.74) is 0.581. The Morgan fingerprint density at radius 1 is 1.57 bits per heavy atom. The lowest BCUT2D eigenvalue weighted by molar-refractivity contribution is -0.116. The topological polar surface area (TPSA) is 26.3 Å². The summed E-state index contributed by atoms with van der Waals surface area (Å²) >= 11 is 5.84. The Kier molecular flexibility index (Phi) is 3.47. The van der Waals surface area contributed by atoms with Gasteiger partial charge in [0.05, 0.1) is 12.1 Å². The van der Waals surface area contributed by atoms with Crippen LogP contribution in [0.4, 0.5) is 4.39 Å². The molecule has 0 spiro atoms. The maximum Gasteiger partial charge on any atom is 0.173 e. The van der Waals surface area contributed by atoms with E-state index in [0.717, 1.165) is 0 Å². The van der Waals surface area contributed by atoms with E-state index < -0.39 is 5.82 Å². The SMILES string of the molecule is COc1c(F)ccc(CC(C)=O)c1Cl. The molecule has 0 aliphatic carbocycles.